The zero-order chi connectivity index (χ0) is 24.2. The maximum Gasteiger partial charge on any atom is 0.228 e. The van der Waals surface area contributed by atoms with E-state index in [2.05, 4.69) is 5.32 Å². The third kappa shape index (κ3) is 6.33. The molecule has 5 nitrogen and oxygen atoms in total. The Hall–Kier alpha value is -2.90. The number of carbonyl (C=O) groups excluding carboxylic acids is 1. The molecule has 174 valence electrons. The largest absolute Gasteiger partial charge is 0.483 e. The molecule has 8 heteroatoms. The van der Waals surface area contributed by atoms with Crippen LogP contribution in [0.5, 0.6) is 5.75 Å². The van der Waals surface area contributed by atoms with E-state index in [-0.39, 0.29) is 28.0 Å². The quantitative estimate of drug-likeness (QED) is 0.436. The van der Waals surface area contributed by atoms with Crippen molar-refractivity contribution < 1.29 is 22.3 Å². The third-order valence-corrected chi connectivity index (χ3v) is 7.21. The zero-order valence-electron chi connectivity index (χ0n) is 18.6. The van der Waals surface area contributed by atoms with E-state index in [4.69, 9.17) is 16.3 Å². The van der Waals surface area contributed by atoms with Gasteiger partial charge in [0, 0.05) is 5.69 Å². The Morgan fingerprint density at radius 2 is 1.67 bits per heavy atom. The highest BCUT2D eigenvalue weighted by Crippen LogP contribution is 2.30. The van der Waals surface area contributed by atoms with Gasteiger partial charge >= 0.3 is 0 Å². The van der Waals surface area contributed by atoms with Crippen LogP contribution in [0.1, 0.15) is 31.9 Å². The van der Waals surface area contributed by atoms with Crippen molar-refractivity contribution in [2.24, 2.45) is 0 Å². The van der Waals surface area contributed by atoms with E-state index >= 15 is 0 Å². The minimum absolute atomic E-state index is 0.0281. The van der Waals surface area contributed by atoms with Gasteiger partial charge in [0.25, 0.3) is 0 Å². The summed E-state index contributed by atoms with van der Waals surface area (Å²) in [5.74, 6) is -0.154. The van der Waals surface area contributed by atoms with E-state index in [0.29, 0.717) is 22.6 Å². The van der Waals surface area contributed by atoms with E-state index in [1.165, 1.54) is 24.3 Å². The molecule has 0 aliphatic heterocycles. The summed E-state index contributed by atoms with van der Waals surface area (Å²) < 4.78 is 43.6. The highest BCUT2D eigenvalue weighted by molar-refractivity contribution is 7.91. The second-order valence-electron chi connectivity index (χ2n) is 8.04. The second kappa shape index (κ2) is 9.93. The average molecular weight is 490 g/mol. The first kappa shape index (κ1) is 24.7. The summed E-state index contributed by atoms with van der Waals surface area (Å²) in [6, 6.07) is 17.7. The van der Waals surface area contributed by atoms with Crippen LogP contribution in [0.4, 0.5) is 10.1 Å². The van der Waals surface area contributed by atoms with Crippen LogP contribution in [0.3, 0.4) is 0 Å². The van der Waals surface area contributed by atoms with E-state index in [1.807, 2.05) is 13.8 Å². The van der Waals surface area contributed by atoms with Crippen LogP contribution in [0, 0.1) is 5.82 Å². The molecule has 0 atom stereocenters. The average Bonchev–Trinajstić information content (AvgIpc) is 2.77. The van der Waals surface area contributed by atoms with E-state index in [1.54, 1.807) is 49.4 Å². The van der Waals surface area contributed by atoms with Gasteiger partial charge in [-0.15, -0.1) is 0 Å². The number of benzene rings is 3. The van der Waals surface area contributed by atoms with E-state index < -0.39 is 21.3 Å². The van der Waals surface area contributed by atoms with Gasteiger partial charge in [-0.1, -0.05) is 36.7 Å². The lowest BCUT2D eigenvalue weighted by atomic mass is 9.98. The minimum atomic E-state index is -3.27. The Balaban J connectivity index is 1.61. The summed E-state index contributed by atoms with van der Waals surface area (Å²) in [7, 11) is -3.27. The summed E-state index contributed by atoms with van der Waals surface area (Å²) in [6.45, 7) is 5.23. The first-order chi connectivity index (χ1) is 15.5. The van der Waals surface area contributed by atoms with Crippen LogP contribution < -0.4 is 10.1 Å². The number of hydrogen-bond donors (Lipinski definition) is 1. The number of hydrogen-bond acceptors (Lipinski definition) is 4. The van der Waals surface area contributed by atoms with Crippen LogP contribution >= 0.6 is 11.6 Å². The van der Waals surface area contributed by atoms with E-state index in [9.17, 15) is 17.6 Å². The van der Waals surface area contributed by atoms with Crippen LogP contribution in [-0.2, 0) is 26.7 Å². The highest BCUT2D eigenvalue weighted by Gasteiger charge is 2.24. The fourth-order valence-corrected chi connectivity index (χ4v) is 4.20. The molecule has 33 heavy (non-hydrogen) atoms. The number of nitrogens with one attached hydrogen (secondary N) is 1. The van der Waals surface area contributed by atoms with Crippen LogP contribution in [0.25, 0.3) is 0 Å². The van der Waals surface area contributed by atoms with Crippen molar-refractivity contribution in [1.82, 2.24) is 0 Å². The van der Waals surface area contributed by atoms with Gasteiger partial charge < -0.3 is 10.1 Å². The Kier molecular flexibility index (Phi) is 7.44. The van der Waals surface area contributed by atoms with Crippen molar-refractivity contribution in [3.63, 3.8) is 0 Å². The molecule has 0 heterocycles. The maximum atomic E-state index is 13.8. The molecular formula is C25H25ClFNO4S. The summed E-state index contributed by atoms with van der Waals surface area (Å²) in [4.78, 5) is 12.6. The lowest BCUT2D eigenvalue weighted by Gasteiger charge is -2.27. The summed E-state index contributed by atoms with van der Waals surface area (Å²) in [6.07, 6.45) is 0.111. The van der Waals surface area contributed by atoms with Crippen molar-refractivity contribution in [2.45, 2.75) is 37.7 Å². The van der Waals surface area contributed by atoms with E-state index in [0.717, 1.165) is 0 Å². The SMILES string of the molecule is CCS(=O)(=O)c1ccc(CC(=O)Nc2ccc(OC(C)(C)c3ccc(Cl)c(F)c3)cc2)cc1. The van der Waals surface area contributed by atoms with Crippen LogP contribution in [0.15, 0.2) is 71.6 Å². The zero-order valence-corrected chi connectivity index (χ0v) is 20.1. The molecule has 0 spiro atoms. The Labute approximate surface area is 198 Å². The lowest BCUT2D eigenvalue weighted by Crippen LogP contribution is -2.25. The Bertz CT molecular complexity index is 1240. The minimum Gasteiger partial charge on any atom is -0.483 e. The number of ether oxygens (including phenoxy) is 1. The molecule has 0 saturated heterocycles. The third-order valence-electron chi connectivity index (χ3n) is 5.15. The molecule has 0 aliphatic carbocycles. The first-order valence-corrected chi connectivity index (χ1v) is 12.4. The summed E-state index contributed by atoms with van der Waals surface area (Å²) in [5.41, 5.74) is 1.14. The molecule has 0 fully saturated rings. The number of sulfone groups is 1. The normalized spacial score (nSPS) is 11.8. The molecule has 3 rings (SSSR count). The van der Waals surface area contributed by atoms with Gasteiger partial charge in [0.2, 0.25) is 5.91 Å². The van der Waals surface area contributed by atoms with Gasteiger partial charge in [-0.2, -0.15) is 0 Å². The predicted octanol–water partition coefficient (Wildman–Crippen LogP) is 5.77. The van der Waals surface area contributed by atoms with Crippen molar-refractivity contribution in [1.29, 1.82) is 0 Å². The number of rotatable bonds is 8. The molecule has 0 radical (unpaired) electrons. The highest BCUT2D eigenvalue weighted by atomic mass is 35.5. The van der Waals surface area contributed by atoms with Gasteiger partial charge in [0.05, 0.1) is 22.1 Å². The topological polar surface area (TPSA) is 72.5 Å². The molecule has 0 saturated carbocycles. The van der Waals surface area contributed by atoms with Crippen molar-refractivity contribution in [2.75, 3.05) is 11.1 Å². The van der Waals surface area contributed by atoms with Crippen molar-refractivity contribution >= 4 is 33.0 Å². The van der Waals surface area contributed by atoms with Crippen LogP contribution in [-0.4, -0.2) is 20.1 Å². The van der Waals surface area contributed by atoms with Crippen molar-refractivity contribution in [3.05, 3.63) is 88.7 Å². The molecule has 0 unspecified atom stereocenters. The van der Waals surface area contributed by atoms with Gasteiger partial charge in [0.1, 0.15) is 17.2 Å². The van der Waals surface area contributed by atoms with Crippen LogP contribution in [0.2, 0.25) is 5.02 Å². The molecule has 0 aliphatic rings. The fourth-order valence-electron chi connectivity index (χ4n) is 3.20. The van der Waals surface area contributed by atoms with Gasteiger partial charge in [-0.05, 0) is 73.5 Å². The predicted molar refractivity (Wildman–Crippen MR) is 128 cm³/mol. The molecule has 1 N–H and O–H groups in total. The monoisotopic (exact) mass is 489 g/mol. The smallest absolute Gasteiger partial charge is 0.228 e. The lowest BCUT2D eigenvalue weighted by molar-refractivity contribution is -0.115. The molecular weight excluding hydrogens is 465 g/mol. The molecule has 3 aromatic carbocycles. The Morgan fingerprint density at radius 3 is 2.24 bits per heavy atom. The first-order valence-electron chi connectivity index (χ1n) is 10.4. The molecule has 1 amide bonds. The second-order valence-corrected chi connectivity index (χ2v) is 10.7. The molecule has 0 aromatic heterocycles. The maximum absolute atomic E-state index is 13.8. The fraction of sp³-hybridized carbons (Fsp3) is 0.240. The number of halogens is 2. The van der Waals surface area contributed by atoms with Gasteiger partial charge in [-0.3, -0.25) is 4.79 Å². The summed E-state index contributed by atoms with van der Waals surface area (Å²) >= 11 is 5.76. The number of carbonyl (C=O) groups is 1. The molecule has 3 aromatic rings. The van der Waals surface area contributed by atoms with Gasteiger partial charge in [0.15, 0.2) is 9.84 Å². The number of anilines is 1. The summed E-state index contributed by atoms with van der Waals surface area (Å²) in [5, 5.41) is 2.86. The number of amides is 1. The molecule has 0 bridgehead atoms. The van der Waals surface area contributed by atoms with Crippen molar-refractivity contribution in [3.8, 4) is 5.75 Å². The Morgan fingerprint density at radius 1 is 1.03 bits per heavy atom. The standard InChI is InChI=1S/C25H25ClFNO4S/c1-4-33(30,31)21-12-5-17(6-13-21)15-24(29)28-19-8-10-20(11-9-19)32-25(2,3)18-7-14-22(26)23(27)16-18/h5-14,16H,4,15H2,1-3H3,(H,28,29). The van der Waals surface area contributed by atoms with Gasteiger partial charge in [-0.25, -0.2) is 12.8 Å².